The highest BCUT2D eigenvalue weighted by Crippen LogP contribution is 2.51. The van der Waals surface area contributed by atoms with Crippen LogP contribution < -0.4 is 5.73 Å². The Hall–Kier alpha value is -1.10. The van der Waals surface area contributed by atoms with Crippen molar-refractivity contribution < 1.29 is 9.53 Å². The molecule has 24 heavy (non-hydrogen) atoms. The van der Waals surface area contributed by atoms with Gasteiger partial charge in [0.15, 0.2) is 0 Å². The predicted molar refractivity (Wildman–Crippen MR) is 98.4 cm³/mol. The topological polar surface area (TPSA) is 55.6 Å². The number of hydrogen-bond donors (Lipinski definition) is 1. The summed E-state index contributed by atoms with van der Waals surface area (Å²) in [7, 11) is 0. The monoisotopic (exact) mass is 352 g/mol. The second-order valence-corrected chi connectivity index (χ2v) is 7.49. The van der Waals surface area contributed by atoms with Gasteiger partial charge in [0.2, 0.25) is 5.91 Å². The van der Waals surface area contributed by atoms with Gasteiger partial charge in [-0.2, -0.15) is 0 Å². The van der Waals surface area contributed by atoms with E-state index in [0.29, 0.717) is 18.9 Å². The lowest BCUT2D eigenvalue weighted by molar-refractivity contribution is -0.178. The first-order chi connectivity index (χ1) is 10.9. The van der Waals surface area contributed by atoms with Crippen molar-refractivity contribution in [3.63, 3.8) is 0 Å². The van der Waals surface area contributed by atoms with E-state index in [4.69, 9.17) is 10.5 Å². The van der Waals surface area contributed by atoms with Gasteiger partial charge in [0.05, 0.1) is 6.10 Å². The third-order valence-electron chi connectivity index (χ3n) is 5.96. The van der Waals surface area contributed by atoms with Gasteiger partial charge in [-0.1, -0.05) is 44.2 Å². The number of nitrogens with two attached hydrogens (primary N) is 1. The molecule has 1 heterocycles. The molecule has 1 saturated carbocycles. The Kier molecular flexibility index (Phi) is 5.63. The van der Waals surface area contributed by atoms with Crippen molar-refractivity contribution in [1.82, 2.24) is 4.90 Å². The smallest absolute Gasteiger partial charge is 0.243 e. The fraction of sp³-hybridized carbons (Fsp3) is 0.632. The summed E-state index contributed by atoms with van der Waals surface area (Å²) < 4.78 is 5.74. The van der Waals surface area contributed by atoms with Gasteiger partial charge in [-0.25, -0.2) is 0 Å². The molecule has 4 nitrogen and oxygen atoms in total. The van der Waals surface area contributed by atoms with E-state index >= 15 is 0 Å². The lowest BCUT2D eigenvalue weighted by Crippen LogP contribution is -2.75. The van der Waals surface area contributed by atoms with Crippen molar-refractivity contribution in [3.8, 4) is 0 Å². The van der Waals surface area contributed by atoms with E-state index in [1.165, 1.54) is 5.56 Å². The van der Waals surface area contributed by atoms with Crippen LogP contribution in [0.3, 0.4) is 0 Å². The van der Waals surface area contributed by atoms with Crippen LogP contribution in [0.2, 0.25) is 0 Å². The molecule has 3 rings (SSSR count). The van der Waals surface area contributed by atoms with Crippen LogP contribution in [0.15, 0.2) is 30.3 Å². The van der Waals surface area contributed by atoms with E-state index in [2.05, 4.69) is 38.1 Å². The summed E-state index contributed by atoms with van der Waals surface area (Å²) in [6.07, 6.45) is 1.72. The molecule has 5 heteroatoms. The molecule has 1 amide bonds. The fourth-order valence-corrected chi connectivity index (χ4v) is 4.02. The van der Waals surface area contributed by atoms with Crippen molar-refractivity contribution in [3.05, 3.63) is 35.9 Å². The van der Waals surface area contributed by atoms with E-state index in [9.17, 15) is 4.79 Å². The van der Waals surface area contributed by atoms with E-state index < -0.39 is 5.54 Å². The van der Waals surface area contributed by atoms with Crippen LogP contribution in [0.25, 0.3) is 0 Å². The number of benzene rings is 1. The van der Waals surface area contributed by atoms with Crippen LogP contribution in [-0.4, -0.2) is 42.1 Å². The second kappa shape index (κ2) is 7.03. The maximum Gasteiger partial charge on any atom is 0.243 e. The molecule has 3 unspecified atom stereocenters. The Labute approximate surface area is 151 Å². The lowest BCUT2D eigenvalue weighted by Gasteiger charge is -2.58. The molecule has 0 bridgehead atoms. The highest BCUT2D eigenvalue weighted by atomic mass is 35.5. The standard InChI is InChI=1S/C19H28N2O2.ClH/c1-4-23-16-12-19(20,18(16,2)3)17(22)21-11-10-15(13-21)14-8-6-5-7-9-14;/h5-9,15-16H,4,10-13,20H2,1-3H3;1H. The van der Waals surface area contributed by atoms with Gasteiger partial charge in [-0.3, -0.25) is 4.79 Å². The van der Waals surface area contributed by atoms with Crippen LogP contribution in [0, 0.1) is 5.41 Å². The lowest BCUT2D eigenvalue weighted by atomic mass is 9.54. The first-order valence-electron chi connectivity index (χ1n) is 8.65. The summed E-state index contributed by atoms with van der Waals surface area (Å²) in [6, 6.07) is 10.4. The summed E-state index contributed by atoms with van der Waals surface area (Å²) >= 11 is 0. The predicted octanol–water partition coefficient (Wildman–Crippen LogP) is 2.96. The molecule has 1 saturated heterocycles. The van der Waals surface area contributed by atoms with E-state index in [1.807, 2.05) is 17.9 Å². The van der Waals surface area contributed by atoms with Gasteiger partial charge >= 0.3 is 0 Å². The molecule has 1 aromatic rings. The molecule has 2 fully saturated rings. The largest absolute Gasteiger partial charge is 0.378 e. The number of carbonyl (C=O) groups is 1. The summed E-state index contributed by atoms with van der Waals surface area (Å²) in [4.78, 5) is 15.0. The second-order valence-electron chi connectivity index (χ2n) is 7.49. The van der Waals surface area contributed by atoms with Crippen LogP contribution in [0.5, 0.6) is 0 Å². The van der Waals surface area contributed by atoms with Crippen molar-refractivity contribution in [2.24, 2.45) is 11.1 Å². The first-order valence-corrected chi connectivity index (χ1v) is 8.65. The van der Waals surface area contributed by atoms with Gasteiger partial charge in [-0.05, 0) is 18.9 Å². The van der Waals surface area contributed by atoms with Gasteiger partial charge in [-0.15, -0.1) is 12.4 Å². The zero-order valence-electron chi connectivity index (χ0n) is 14.8. The minimum atomic E-state index is -0.793. The molecular weight excluding hydrogens is 324 g/mol. The number of hydrogen-bond acceptors (Lipinski definition) is 3. The van der Waals surface area contributed by atoms with E-state index in [1.54, 1.807) is 0 Å². The number of halogens is 1. The average Bonchev–Trinajstić information content (AvgIpc) is 3.04. The molecule has 2 aliphatic rings. The van der Waals surface area contributed by atoms with Crippen LogP contribution >= 0.6 is 12.4 Å². The molecule has 0 spiro atoms. The van der Waals surface area contributed by atoms with E-state index in [0.717, 1.165) is 19.5 Å². The van der Waals surface area contributed by atoms with Gasteiger partial charge in [0, 0.05) is 37.5 Å². The minimum absolute atomic E-state index is 0. The molecule has 2 N–H and O–H groups in total. The molecule has 0 aromatic heterocycles. The molecule has 0 radical (unpaired) electrons. The van der Waals surface area contributed by atoms with Gasteiger partial charge < -0.3 is 15.4 Å². The summed E-state index contributed by atoms with van der Waals surface area (Å²) in [6.45, 7) is 8.33. The SMILES string of the molecule is CCOC1CC(N)(C(=O)N2CCC(c3ccccc3)C2)C1(C)C.Cl. The maximum atomic E-state index is 13.0. The van der Waals surface area contributed by atoms with Gasteiger partial charge in [0.25, 0.3) is 0 Å². The quantitative estimate of drug-likeness (QED) is 0.906. The normalized spacial score (nSPS) is 31.2. The Morgan fingerprint density at radius 3 is 2.58 bits per heavy atom. The number of rotatable bonds is 4. The van der Waals surface area contributed by atoms with Crippen molar-refractivity contribution >= 4 is 18.3 Å². The van der Waals surface area contributed by atoms with E-state index in [-0.39, 0.29) is 29.8 Å². The minimum Gasteiger partial charge on any atom is -0.378 e. The first kappa shape index (κ1) is 19.2. The molecular formula is C19H29ClN2O2. The molecule has 1 aromatic carbocycles. The Morgan fingerprint density at radius 2 is 2.00 bits per heavy atom. The molecule has 3 atom stereocenters. The summed E-state index contributed by atoms with van der Waals surface area (Å²) in [5.74, 6) is 0.520. The molecule has 134 valence electrons. The number of likely N-dealkylation sites (tertiary alicyclic amines) is 1. The van der Waals surface area contributed by atoms with Crippen LogP contribution in [0.4, 0.5) is 0 Å². The van der Waals surface area contributed by atoms with Crippen molar-refractivity contribution in [1.29, 1.82) is 0 Å². The number of amides is 1. The zero-order valence-corrected chi connectivity index (χ0v) is 15.6. The number of ether oxygens (including phenoxy) is 1. The Balaban J connectivity index is 0.00000208. The zero-order chi connectivity index (χ0) is 16.7. The van der Waals surface area contributed by atoms with Crippen molar-refractivity contribution in [2.75, 3.05) is 19.7 Å². The molecule has 1 aliphatic heterocycles. The van der Waals surface area contributed by atoms with Crippen LogP contribution in [-0.2, 0) is 9.53 Å². The maximum absolute atomic E-state index is 13.0. The number of nitrogens with zero attached hydrogens (tertiary/aromatic N) is 1. The van der Waals surface area contributed by atoms with Crippen molar-refractivity contribution in [2.45, 2.75) is 51.2 Å². The summed E-state index contributed by atoms with van der Waals surface area (Å²) in [5, 5.41) is 0. The third kappa shape index (κ3) is 2.96. The fourth-order valence-electron chi connectivity index (χ4n) is 4.02. The average molecular weight is 353 g/mol. The van der Waals surface area contributed by atoms with Crippen LogP contribution in [0.1, 0.15) is 45.1 Å². The third-order valence-corrected chi connectivity index (χ3v) is 5.96. The van der Waals surface area contributed by atoms with Gasteiger partial charge in [0.1, 0.15) is 5.54 Å². The highest BCUT2D eigenvalue weighted by molar-refractivity contribution is 5.89. The molecule has 1 aliphatic carbocycles. The number of carbonyl (C=O) groups excluding carboxylic acids is 1. The Morgan fingerprint density at radius 1 is 1.33 bits per heavy atom. The summed E-state index contributed by atoms with van der Waals surface area (Å²) in [5.41, 5.74) is 6.74. The highest BCUT2D eigenvalue weighted by Gasteiger charge is 2.64. The Bertz CT molecular complexity index is 578.